The zero-order valence-electron chi connectivity index (χ0n) is 8.84. The highest BCUT2D eigenvalue weighted by molar-refractivity contribution is 5.54. The Morgan fingerprint density at radius 2 is 2.00 bits per heavy atom. The summed E-state index contributed by atoms with van der Waals surface area (Å²) in [5, 5.41) is 0. The van der Waals surface area contributed by atoms with Crippen LogP contribution < -0.4 is 0 Å². The van der Waals surface area contributed by atoms with E-state index < -0.39 is 11.6 Å². The second kappa shape index (κ2) is 5.01. The molecule has 82 valence electrons. The van der Waals surface area contributed by atoms with Gasteiger partial charge in [-0.05, 0) is 36.1 Å². The molecule has 0 fully saturated rings. The number of hydrogen-bond acceptors (Lipinski definition) is 1. The molecule has 0 saturated carbocycles. The highest BCUT2D eigenvalue weighted by atomic mass is 19.1. The summed E-state index contributed by atoms with van der Waals surface area (Å²) in [7, 11) is 0. The first-order valence-corrected chi connectivity index (χ1v) is 4.93. The first-order valence-electron chi connectivity index (χ1n) is 4.93. The van der Waals surface area contributed by atoms with Gasteiger partial charge in [0.2, 0.25) is 0 Å². The topological polar surface area (TPSA) is 17.1 Å². The first kappa shape index (κ1) is 11.8. The molecule has 0 heterocycles. The van der Waals surface area contributed by atoms with Gasteiger partial charge in [0, 0.05) is 5.92 Å². The molecule has 0 N–H and O–H groups in total. The van der Waals surface area contributed by atoms with Crippen molar-refractivity contribution in [3.05, 3.63) is 35.4 Å². The molecule has 1 unspecified atom stereocenters. The van der Waals surface area contributed by atoms with Crippen molar-refractivity contribution in [1.82, 2.24) is 0 Å². The van der Waals surface area contributed by atoms with Gasteiger partial charge in [-0.3, -0.25) is 0 Å². The molecule has 0 aliphatic carbocycles. The highest BCUT2D eigenvalue weighted by Gasteiger charge is 2.15. The number of halogens is 2. The Balaban J connectivity index is 2.87. The van der Waals surface area contributed by atoms with Crippen LogP contribution in [0.15, 0.2) is 18.2 Å². The Bertz CT molecular complexity index is 347. The summed E-state index contributed by atoms with van der Waals surface area (Å²) < 4.78 is 26.1. The molecule has 0 aliphatic heterocycles. The van der Waals surface area contributed by atoms with E-state index in [0.29, 0.717) is 0 Å². The van der Waals surface area contributed by atoms with Gasteiger partial charge in [-0.25, -0.2) is 8.78 Å². The van der Waals surface area contributed by atoms with Gasteiger partial charge in [0.1, 0.15) is 17.9 Å². The Morgan fingerprint density at radius 1 is 1.33 bits per heavy atom. The largest absolute Gasteiger partial charge is 0.303 e. The third-order valence-electron chi connectivity index (χ3n) is 2.49. The molecule has 0 saturated heterocycles. The third-order valence-corrected chi connectivity index (χ3v) is 2.49. The van der Waals surface area contributed by atoms with E-state index >= 15 is 0 Å². The van der Waals surface area contributed by atoms with Crippen molar-refractivity contribution in [1.29, 1.82) is 0 Å². The van der Waals surface area contributed by atoms with Crippen LogP contribution in [0.3, 0.4) is 0 Å². The maximum Gasteiger partial charge on any atom is 0.126 e. The Labute approximate surface area is 88.1 Å². The first-order chi connectivity index (χ1) is 7.04. The molecule has 1 aromatic carbocycles. The molecule has 1 rings (SSSR count). The van der Waals surface area contributed by atoms with Crippen molar-refractivity contribution < 1.29 is 13.6 Å². The van der Waals surface area contributed by atoms with Gasteiger partial charge in [-0.15, -0.1) is 0 Å². The maximum absolute atomic E-state index is 13.2. The molecular weight excluding hydrogens is 198 g/mol. The SMILES string of the molecule is CC(C)C(C=O)Cc1cc(F)ccc1F. The van der Waals surface area contributed by atoms with Crippen molar-refractivity contribution in [2.24, 2.45) is 11.8 Å². The quantitative estimate of drug-likeness (QED) is 0.701. The van der Waals surface area contributed by atoms with Gasteiger partial charge < -0.3 is 4.79 Å². The molecule has 0 bridgehead atoms. The van der Waals surface area contributed by atoms with Crippen LogP contribution in [0, 0.1) is 23.5 Å². The number of carbonyl (C=O) groups is 1. The van der Waals surface area contributed by atoms with Crippen LogP contribution in [0.5, 0.6) is 0 Å². The van der Waals surface area contributed by atoms with Crippen LogP contribution in [-0.2, 0) is 11.2 Å². The Morgan fingerprint density at radius 3 is 2.53 bits per heavy atom. The fraction of sp³-hybridized carbons (Fsp3) is 0.417. The molecule has 0 aliphatic rings. The monoisotopic (exact) mass is 212 g/mol. The van der Waals surface area contributed by atoms with Crippen LogP contribution in [-0.4, -0.2) is 6.29 Å². The molecule has 1 nitrogen and oxygen atoms in total. The van der Waals surface area contributed by atoms with Gasteiger partial charge in [0.05, 0.1) is 0 Å². The lowest BCUT2D eigenvalue weighted by Crippen LogP contribution is -2.14. The lowest BCUT2D eigenvalue weighted by atomic mass is 9.90. The van der Waals surface area contributed by atoms with E-state index in [1.54, 1.807) is 0 Å². The standard InChI is InChI=1S/C12H14F2O/c1-8(2)10(7-15)5-9-6-11(13)3-4-12(9)14/h3-4,6-8,10H,5H2,1-2H3. The average Bonchev–Trinajstić information content (AvgIpc) is 2.18. The minimum absolute atomic E-state index is 0.130. The van der Waals surface area contributed by atoms with E-state index in [1.165, 1.54) is 0 Å². The summed E-state index contributed by atoms with van der Waals surface area (Å²) in [6.45, 7) is 3.77. The van der Waals surface area contributed by atoms with Crippen LogP contribution in [0.1, 0.15) is 19.4 Å². The Kier molecular flexibility index (Phi) is 3.95. The summed E-state index contributed by atoms with van der Waals surface area (Å²) >= 11 is 0. The molecule has 3 heteroatoms. The summed E-state index contributed by atoms with van der Waals surface area (Å²) in [6, 6.07) is 3.31. The molecule has 0 amide bonds. The van der Waals surface area contributed by atoms with E-state index in [-0.39, 0.29) is 23.8 Å². The van der Waals surface area contributed by atoms with Crippen LogP contribution in [0.25, 0.3) is 0 Å². The number of benzene rings is 1. The fourth-order valence-corrected chi connectivity index (χ4v) is 1.39. The molecule has 0 radical (unpaired) electrons. The average molecular weight is 212 g/mol. The second-order valence-corrected chi connectivity index (χ2v) is 3.98. The second-order valence-electron chi connectivity index (χ2n) is 3.98. The van der Waals surface area contributed by atoms with E-state index in [9.17, 15) is 13.6 Å². The number of hydrogen-bond donors (Lipinski definition) is 0. The highest BCUT2D eigenvalue weighted by Crippen LogP contribution is 2.18. The predicted octanol–water partition coefficient (Wildman–Crippen LogP) is 2.98. The van der Waals surface area contributed by atoms with Crippen molar-refractivity contribution in [3.8, 4) is 0 Å². The van der Waals surface area contributed by atoms with Gasteiger partial charge in [0.15, 0.2) is 0 Å². The minimum atomic E-state index is -0.472. The maximum atomic E-state index is 13.2. The van der Waals surface area contributed by atoms with Crippen molar-refractivity contribution in [2.75, 3.05) is 0 Å². The van der Waals surface area contributed by atoms with Crippen LogP contribution in [0.2, 0.25) is 0 Å². The molecule has 1 atom stereocenters. The summed E-state index contributed by atoms with van der Waals surface area (Å²) in [5.41, 5.74) is 0.265. The number of carbonyl (C=O) groups excluding carboxylic acids is 1. The normalized spacial score (nSPS) is 12.9. The van der Waals surface area contributed by atoms with Crippen molar-refractivity contribution >= 4 is 6.29 Å². The van der Waals surface area contributed by atoms with E-state index in [4.69, 9.17) is 0 Å². The molecule has 0 spiro atoms. The zero-order valence-corrected chi connectivity index (χ0v) is 8.84. The van der Waals surface area contributed by atoms with Crippen LogP contribution >= 0.6 is 0 Å². The summed E-state index contributed by atoms with van der Waals surface area (Å²) in [6.07, 6.45) is 1.06. The Hall–Kier alpha value is -1.25. The lowest BCUT2D eigenvalue weighted by Gasteiger charge is -2.14. The van der Waals surface area contributed by atoms with Crippen LogP contribution in [0.4, 0.5) is 8.78 Å². The van der Waals surface area contributed by atoms with E-state index in [2.05, 4.69) is 0 Å². The van der Waals surface area contributed by atoms with Crippen molar-refractivity contribution in [3.63, 3.8) is 0 Å². The lowest BCUT2D eigenvalue weighted by molar-refractivity contribution is -0.112. The van der Waals surface area contributed by atoms with Crippen molar-refractivity contribution in [2.45, 2.75) is 20.3 Å². The fourth-order valence-electron chi connectivity index (χ4n) is 1.39. The summed E-state index contributed by atoms with van der Waals surface area (Å²) in [4.78, 5) is 10.7. The molecular formula is C12H14F2O. The number of rotatable bonds is 4. The minimum Gasteiger partial charge on any atom is -0.303 e. The zero-order chi connectivity index (χ0) is 11.4. The van der Waals surface area contributed by atoms with Gasteiger partial charge in [0.25, 0.3) is 0 Å². The van der Waals surface area contributed by atoms with E-state index in [0.717, 1.165) is 24.5 Å². The number of aldehydes is 1. The van der Waals surface area contributed by atoms with Gasteiger partial charge >= 0.3 is 0 Å². The molecule has 1 aromatic rings. The predicted molar refractivity (Wildman–Crippen MR) is 54.5 cm³/mol. The van der Waals surface area contributed by atoms with Gasteiger partial charge in [-0.1, -0.05) is 13.8 Å². The summed E-state index contributed by atoms with van der Waals surface area (Å²) in [5.74, 6) is -1.06. The van der Waals surface area contributed by atoms with E-state index in [1.807, 2.05) is 13.8 Å². The molecule has 15 heavy (non-hydrogen) atoms. The van der Waals surface area contributed by atoms with Gasteiger partial charge in [-0.2, -0.15) is 0 Å². The molecule has 0 aromatic heterocycles. The third kappa shape index (κ3) is 3.11. The smallest absolute Gasteiger partial charge is 0.126 e.